The van der Waals surface area contributed by atoms with Gasteiger partial charge < -0.3 is 0 Å². The first-order valence-corrected chi connectivity index (χ1v) is 3.84. The van der Waals surface area contributed by atoms with Crippen molar-refractivity contribution in [2.24, 2.45) is 4.99 Å². The van der Waals surface area contributed by atoms with E-state index in [1.807, 2.05) is 12.1 Å². The third-order valence-corrected chi connectivity index (χ3v) is 1.91. The van der Waals surface area contributed by atoms with Crippen molar-refractivity contribution in [3.63, 3.8) is 0 Å². The Hall–Kier alpha value is -1.11. The zero-order valence-electron chi connectivity index (χ0n) is 7.09. The van der Waals surface area contributed by atoms with Crippen molar-refractivity contribution in [2.45, 2.75) is 20.3 Å². The molecule has 0 unspecified atom stereocenters. The van der Waals surface area contributed by atoms with Crippen LogP contribution < -0.4 is 0 Å². The van der Waals surface area contributed by atoms with Crippen molar-refractivity contribution in [3.05, 3.63) is 29.3 Å². The van der Waals surface area contributed by atoms with Crippen molar-refractivity contribution >= 4 is 12.4 Å². The van der Waals surface area contributed by atoms with E-state index in [2.05, 4.69) is 31.6 Å². The lowest BCUT2D eigenvalue weighted by Gasteiger charge is -2.04. The van der Waals surface area contributed by atoms with Gasteiger partial charge in [-0.15, -0.1) is 0 Å². The molecule has 0 aliphatic carbocycles. The molecule has 1 nitrogen and oxygen atoms in total. The number of aryl methyl sites for hydroxylation is 1. The fourth-order valence-corrected chi connectivity index (χ4v) is 1.29. The normalized spacial score (nSPS) is 9.64. The SMILES string of the molecule is C=Nc1cccc(C)c1CC. The Bertz CT molecular complexity index is 264. The Kier molecular flexibility index (Phi) is 2.42. The smallest absolute Gasteiger partial charge is 0.0656 e. The van der Waals surface area contributed by atoms with E-state index in [0.717, 1.165) is 12.1 Å². The van der Waals surface area contributed by atoms with Crippen molar-refractivity contribution in [1.82, 2.24) is 0 Å². The highest BCUT2D eigenvalue weighted by Crippen LogP contribution is 2.21. The lowest BCUT2D eigenvalue weighted by atomic mass is 10.0. The Morgan fingerprint density at radius 1 is 1.45 bits per heavy atom. The van der Waals surface area contributed by atoms with Gasteiger partial charge in [-0.25, -0.2) is 0 Å². The summed E-state index contributed by atoms with van der Waals surface area (Å²) in [5.74, 6) is 0. The molecule has 1 aromatic rings. The topological polar surface area (TPSA) is 12.4 Å². The second-order valence-electron chi connectivity index (χ2n) is 2.58. The van der Waals surface area contributed by atoms with Crippen LogP contribution in [-0.4, -0.2) is 6.72 Å². The third-order valence-electron chi connectivity index (χ3n) is 1.91. The summed E-state index contributed by atoms with van der Waals surface area (Å²) in [6.45, 7) is 7.77. The molecule has 0 amide bonds. The fraction of sp³-hybridized carbons (Fsp3) is 0.300. The Balaban J connectivity index is 3.23. The lowest BCUT2D eigenvalue weighted by Crippen LogP contribution is -1.85. The summed E-state index contributed by atoms with van der Waals surface area (Å²) in [5.41, 5.74) is 3.63. The van der Waals surface area contributed by atoms with Crippen LogP contribution in [0.3, 0.4) is 0 Å². The molecule has 0 N–H and O–H groups in total. The Morgan fingerprint density at radius 3 is 2.64 bits per heavy atom. The van der Waals surface area contributed by atoms with E-state index in [-0.39, 0.29) is 0 Å². The lowest BCUT2D eigenvalue weighted by molar-refractivity contribution is 1.10. The highest BCUT2D eigenvalue weighted by molar-refractivity contribution is 5.54. The molecule has 0 saturated carbocycles. The molecule has 11 heavy (non-hydrogen) atoms. The molecule has 0 aromatic heterocycles. The van der Waals surface area contributed by atoms with Gasteiger partial charge in [0.05, 0.1) is 5.69 Å². The number of hydrogen-bond donors (Lipinski definition) is 0. The quantitative estimate of drug-likeness (QED) is 0.570. The zero-order valence-corrected chi connectivity index (χ0v) is 7.09. The molecule has 1 heteroatoms. The molecule has 0 atom stereocenters. The summed E-state index contributed by atoms with van der Waals surface area (Å²) in [6, 6.07) is 6.12. The fourth-order valence-electron chi connectivity index (χ4n) is 1.29. The van der Waals surface area contributed by atoms with Gasteiger partial charge in [0.1, 0.15) is 0 Å². The van der Waals surface area contributed by atoms with Gasteiger partial charge in [-0.1, -0.05) is 19.1 Å². The third kappa shape index (κ3) is 1.48. The molecule has 0 aliphatic rings. The first-order chi connectivity index (χ1) is 5.29. The van der Waals surface area contributed by atoms with Crippen LogP contribution in [0.25, 0.3) is 0 Å². The highest BCUT2D eigenvalue weighted by atomic mass is 14.7. The van der Waals surface area contributed by atoms with Gasteiger partial charge in [-0.2, -0.15) is 0 Å². The highest BCUT2D eigenvalue weighted by Gasteiger charge is 1.99. The van der Waals surface area contributed by atoms with Crippen molar-refractivity contribution in [2.75, 3.05) is 0 Å². The maximum Gasteiger partial charge on any atom is 0.0656 e. The number of hydrogen-bond acceptors (Lipinski definition) is 1. The summed E-state index contributed by atoms with van der Waals surface area (Å²) < 4.78 is 0. The van der Waals surface area contributed by atoms with E-state index in [4.69, 9.17) is 0 Å². The number of rotatable bonds is 2. The van der Waals surface area contributed by atoms with E-state index >= 15 is 0 Å². The minimum atomic E-state index is 1.02. The first-order valence-electron chi connectivity index (χ1n) is 3.84. The minimum absolute atomic E-state index is 1.02. The average molecular weight is 147 g/mol. The van der Waals surface area contributed by atoms with Crippen LogP contribution >= 0.6 is 0 Å². The summed E-state index contributed by atoms with van der Waals surface area (Å²) >= 11 is 0. The van der Waals surface area contributed by atoms with Crippen molar-refractivity contribution < 1.29 is 0 Å². The second kappa shape index (κ2) is 3.33. The first kappa shape index (κ1) is 7.99. The second-order valence-corrected chi connectivity index (χ2v) is 2.58. The molecule has 0 radical (unpaired) electrons. The van der Waals surface area contributed by atoms with Gasteiger partial charge in [0, 0.05) is 0 Å². The standard InChI is InChI=1S/C10H13N/c1-4-9-8(2)6-5-7-10(9)11-3/h5-7H,3-4H2,1-2H3. The van der Waals surface area contributed by atoms with Crippen molar-refractivity contribution in [3.8, 4) is 0 Å². The van der Waals surface area contributed by atoms with Crippen LogP contribution in [0.5, 0.6) is 0 Å². The van der Waals surface area contributed by atoms with Gasteiger partial charge in [0.15, 0.2) is 0 Å². The minimum Gasteiger partial charge on any atom is -0.264 e. The molecule has 0 spiro atoms. The molecule has 0 saturated heterocycles. The van der Waals surface area contributed by atoms with E-state index in [1.165, 1.54) is 11.1 Å². The predicted molar refractivity (Wildman–Crippen MR) is 49.8 cm³/mol. The van der Waals surface area contributed by atoms with Crippen LogP contribution in [0.1, 0.15) is 18.1 Å². The molecular formula is C10H13N. The number of nitrogens with zero attached hydrogens (tertiary/aromatic N) is 1. The van der Waals surface area contributed by atoms with Crippen LogP contribution in [0.4, 0.5) is 5.69 Å². The van der Waals surface area contributed by atoms with E-state index in [1.54, 1.807) is 0 Å². The van der Waals surface area contributed by atoms with Gasteiger partial charge in [0.2, 0.25) is 0 Å². The molecule has 0 aliphatic heterocycles. The van der Waals surface area contributed by atoms with Gasteiger partial charge in [-0.05, 0) is 37.3 Å². The van der Waals surface area contributed by atoms with E-state index in [9.17, 15) is 0 Å². The summed E-state index contributed by atoms with van der Waals surface area (Å²) in [5, 5.41) is 0. The van der Waals surface area contributed by atoms with Crippen LogP contribution in [0.2, 0.25) is 0 Å². The number of benzene rings is 1. The van der Waals surface area contributed by atoms with E-state index < -0.39 is 0 Å². The molecule has 1 rings (SSSR count). The van der Waals surface area contributed by atoms with Gasteiger partial charge >= 0.3 is 0 Å². The Labute approximate surface area is 67.8 Å². The molecule has 0 heterocycles. The molecule has 1 aromatic carbocycles. The predicted octanol–water partition coefficient (Wildman–Crippen LogP) is 2.89. The van der Waals surface area contributed by atoms with Gasteiger partial charge in [0.25, 0.3) is 0 Å². The monoisotopic (exact) mass is 147 g/mol. The van der Waals surface area contributed by atoms with E-state index in [0.29, 0.717) is 0 Å². The van der Waals surface area contributed by atoms with Gasteiger partial charge in [-0.3, -0.25) is 4.99 Å². The summed E-state index contributed by atoms with van der Waals surface area (Å²) in [7, 11) is 0. The average Bonchev–Trinajstić information content (AvgIpc) is 2.04. The molecule has 0 fully saturated rings. The largest absolute Gasteiger partial charge is 0.264 e. The van der Waals surface area contributed by atoms with Crippen molar-refractivity contribution in [1.29, 1.82) is 0 Å². The summed E-state index contributed by atoms with van der Waals surface area (Å²) in [4.78, 5) is 3.95. The maximum atomic E-state index is 3.95. The number of aliphatic imine (C=N–C) groups is 1. The molecule has 0 bridgehead atoms. The van der Waals surface area contributed by atoms with Crippen LogP contribution in [-0.2, 0) is 6.42 Å². The molecule has 58 valence electrons. The zero-order chi connectivity index (χ0) is 8.27. The van der Waals surface area contributed by atoms with Crippen LogP contribution in [0, 0.1) is 6.92 Å². The maximum absolute atomic E-state index is 3.95. The molecular weight excluding hydrogens is 134 g/mol. The Morgan fingerprint density at radius 2 is 2.18 bits per heavy atom. The van der Waals surface area contributed by atoms with Crippen LogP contribution in [0.15, 0.2) is 23.2 Å². The summed E-state index contributed by atoms with van der Waals surface area (Å²) in [6.07, 6.45) is 1.03.